The molecule has 1 aliphatic heterocycles. The second-order valence-electron chi connectivity index (χ2n) is 7.82. The first kappa shape index (κ1) is 25.6. The second-order valence-corrected chi connectivity index (χ2v) is 9.01. The number of benzene rings is 2. The fourth-order valence-electron chi connectivity index (χ4n) is 3.59. The third-order valence-corrected chi connectivity index (χ3v) is 6.65. The van der Waals surface area contributed by atoms with E-state index in [4.69, 9.17) is 9.47 Å². The van der Waals surface area contributed by atoms with Crippen molar-refractivity contribution in [2.75, 3.05) is 18.6 Å². The number of imide groups is 1. The number of pyridine rings is 1. The number of methoxy groups -OCH3 is 1. The number of amides is 2. The summed E-state index contributed by atoms with van der Waals surface area (Å²) in [6, 6.07) is 14.9. The zero-order chi connectivity index (χ0) is 26.5. The average Bonchev–Trinajstić information content (AvgIpc) is 3.19. The van der Waals surface area contributed by atoms with Crippen LogP contribution in [0.1, 0.15) is 37.5 Å². The Morgan fingerprint density at radius 1 is 1.05 bits per heavy atom. The van der Waals surface area contributed by atoms with Crippen LogP contribution in [0.5, 0.6) is 5.75 Å². The molecule has 37 heavy (non-hydrogen) atoms. The maximum Gasteiger partial charge on any atom is 0.338 e. The Labute approximate surface area is 215 Å². The van der Waals surface area contributed by atoms with E-state index in [9.17, 15) is 29.1 Å². The number of rotatable bonds is 9. The summed E-state index contributed by atoms with van der Waals surface area (Å²) in [4.78, 5) is 66.7. The van der Waals surface area contributed by atoms with Crippen LogP contribution in [0.2, 0.25) is 0 Å². The summed E-state index contributed by atoms with van der Waals surface area (Å²) in [5.74, 6) is -2.81. The highest BCUT2D eigenvalue weighted by Crippen LogP contribution is 2.34. The van der Waals surface area contributed by atoms with Gasteiger partial charge < -0.3 is 14.6 Å². The molecule has 4 rings (SSSR count). The first-order valence-corrected chi connectivity index (χ1v) is 11.8. The summed E-state index contributed by atoms with van der Waals surface area (Å²) in [6.45, 7) is -0.471. The van der Waals surface area contributed by atoms with E-state index in [2.05, 4.69) is 4.98 Å². The van der Waals surface area contributed by atoms with Crippen LogP contribution in [-0.2, 0) is 14.3 Å². The van der Waals surface area contributed by atoms with Gasteiger partial charge in [0.2, 0.25) is 11.8 Å². The molecule has 10 nitrogen and oxygen atoms in total. The van der Waals surface area contributed by atoms with Crippen molar-refractivity contribution in [1.82, 2.24) is 4.98 Å². The number of Topliss-reactive ketones (excluding diaryl/α,β-unsaturated/α-hetero) is 1. The van der Waals surface area contributed by atoms with Gasteiger partial charge in [-0.3, -0.25) is 14.4 Å². The van der Waals surface area contributed by atoms with Crippen molar-refractivity contribution in [3.8, 4) is 5.75 Å². The molecule has 2 heterocycles. The SMILES string of the molecule is COc1cccc(C(=O)COC(=O)c2ccc(N3C(=O)CC(Sc4ncccc4C(=O)O)C3=O)cc2)c1. The van der Waals surface area contributed by atoms with Gasteiger partial charge in [0.15, 0.2) is 12.4 Å². The molecule has 11 heteroatoms. The number of ketones is 1. The molecule has 0 radical (unpaired) electrons. The van der Waals surface area contributed by atoms with Gasteiger partial charge in [0.25, 0.3) is 0 Å². The number of aromatic nitrogens is 1. The summed E-state index contributed by atoms with van der Waals surface area (Å²) in [5.41, 5.74) is 0.662. The minimum absolute atomic E-state index is 0.0565. The van der Waals surface area contributed by atoms with Crippen LogP contribution in [0.25, 0.3) is 0 Å². The van der Waals surface area contributed by atoms with Crippen LogP contribution < -0.4 is 9.64 Å². The zero-order valence-electron chi connectivity index (χ0n) is 19.5. The number of carboxylic acid groups (broad SMARTS) is 1. The molecular formula is C26H20N2O8S. The molecule has 0 aliphatic carbocycles. The van der Waals surface area contributed by atoms with Gasteiger partial charge in [-0.05, 0) is 48.5 Å². The van der Waals surface area contributed by atoms with Crippen LogP contribution >= 0.6 is 11.8 Å². The number of nitrogens with zero attached hydrogens (tertiary/aromatic N) is 2. The molecule has 0 spiro atoms. The fraction of sp³-hybridized carbons (Fsp3) is 0.154. The number of carboxylic acids is 1. The van der Waals surface area contributed by atoms with Crippen LogP contribution in [0.15, 0.2) is 71.9 Å². The van der Waals surface area contributed by atoms with Gasteiger partial charge in [0.1, 0.15) is 10.8 Å². The Morgan fingerprint density at radius 3 is 2.51 bits per heavy atom. The lowest BCUT2D eigenvalue weighted by Crippen LogP contribution is -2.31. The molecule has 188 valence electrons. The predicted molar refractivity (Wildman–Crippen MR) is 132 cm³/mol. The first-order chi connectivity index (χ1) is 17.8. The van der Waals surface area contributed by atoms with Gasteiger partial charge in [0, 0.05) is 18.2 Å². The number of anilines is 1. The average molecular weight is 521 g/mol. The van der Waals surface area contributed by atoms with E-state index < -0.39 is 41.4 Å². The molecule has 0 saturated carbocycles. The van der Waals surface area contributed by atoms with E-state index >= 15 is 0 Å². The van der Waals surface area contributed by atoms with E-state index in [1.165, 1.54) is 55.8 Å². The van der Waals surface area contributed by atoms with E-state index in [-0.39, 0.29) is 28.3 Å². The first-order valence-electron chi connectivity index (χ1n) is 10.9. The van der Waals surface area contributed by atoms with Gasteiger partial charge in [0.05, 0.1) is 29.2 Å². The highest BCUT2D eigenvalue weighted by molar-refractivity contribution is 8.00. The summed E-state index contributed by atoms with van der Waals surface area (Å²) in [6.07, 6.45) is 1.28. The van der Waals surface area contributed by atoms with Crippen molar-refractivity contribution in [2.45, 2.75) is 16.7 Å². The molecule has 3 aromatic rings. The van der Waals surface area contributed by atoms with Crippen molar-refractivity contribution >= 4 is 47.0 Å². The lowest BCUT2D eigenvalue weighted by Gasteiger charge is -2.15. The Bertz CT molecular complexity index is 1390. The van der Waals surface area contributed by atoms with Crippen molar-refractivity contribution in [2.24, 2.45) is 0 Å². The van der Waals surface area contributed by atoms with Gasteiger partial charge >= 0.3 is 11.9 Å². The van der Waals surface area contributed by atoms with Crippen molar-refractivity contribution < 1.29 is 38.6 Å². The van der Waals surface area contributed by atoms with Crippen molar-refractivity contribution in [3.63, 3.8) is 0 Å². The van der Waals surface area contributed by atoms with Crippen molar-refractivity contribution in [1.29, 1.82) is 0 Å². The van der Waals surface area contributed by atoms with E-state index in [0.29, 0.717) is 11.3 Å². The second kappa shape index (κ2) is 11.0. The quantitative estimate of drug-likeness (QED) is 0.254. The van der Waals surface area contributed by atoms with E-state index in [1.807, 2.05) is 0 Å². The molecular weight excluding hydrogens is 500 g/mol. The highest BCUT2D eigenvalue weighted by atomic mass is 32.2. The van der Waals surface area contributed by atoms with Gasteiger partial charge in [-0.25, -0.2) is 19.5 Å². The molecule has 1 unspecified atom stereocenters. The van der Waals surface area contributed by atoms with E-state index in [0.717, 1.165) is 16.7 Å². The Balaban J connectivity index is 1.40. The third kappa shape index (κ3) is 5.67. The summed E-state index contributed by atoms with van der Waals surface area (Å²) in [7, 11) is 1.48. The largest absolute Gasteiger partial charge is 0.497 e. The van der Waals surface area contributed by atoms with Gasteiger partial charge in [-0.15, -0.1) is 0 Å². The number of hydrogen-bond acceptors (Lipinski definition) is 9. The number of aromatic carboxylic acids is 1. The number of hydrogen-bond donors (Lipinski definition) is 1. The fourth-order valence-corrected chi connectivity index (χ4v) is 4.70. The van der Waals surface area contributed by atoms with Crippen LogP contribution in [0.3, 0.4) is 0 Å². The van der Waals surface area contributed by atoms with Gasteiger partial charge in [-0.1, -0.05) is 23.9 Å². The predicted octanol–water partition coefficient (Wildman–Crippen LogP) is 3.25. The minimum atomic E-state index is -1.18. The zero-order valence-corrected chi connectivity index (χ0v) is 20.3. The normalized spacial score (nSPS) is 14.9. The molecule has 1 aliphatic rings. The maximum absolute atomic E-state index is 12.9. The third-order valence-electron chi connectivity index (χ3n) is 5.45. The molecule has 1 aromatic heterocycles. The molecule has 1 saturated heterocycles. The standard InChI is InChI=1S/C26H20N2O8S/c1-35-18-5-2-4-16(12-18)20(29)14-36-26(34)15-7-9-17(10-8-15)28-22(30)13-21(24(28)31)37-23-19(25(32)33)6-3-11-27-23/h2-12,21H,13-14H2,1H3,(H,32,33). The van der Waals surface area contributed by atoms with Crippen molar-refractivity contribution in [3.05, 3.63) is 83.6 Å². The number of esters is 1. The number of thioether (sulfide) groups is 1. The lowest BCUT2D eigenvalue weighted by molar-refractivity contribution is -0.121. The Kier molecular flexibility index (Phi) is 7.63. The maximum atomic E-state index is 12.9. The topological polar surface area (TPSA) is 140 Å². The van der Waals surface area contributed by atoms with Crippen LogP contribution in [-0.4, -0.2) is 58.6 Å². The summed E-state index contributed by atoms with van der Waals surface area (Å²) < 4.78 is 10.2. The number of carbonyl (C=O) groups is 5. The molecule has 2 amide bonds. The number of ether oxygens (including phenoxy) is 2. The highest BCUT2D eigenvalue weighted by Gasteiger charge is 2.41. The Hall–Kier alpha value is -4.51. The monoisotopic (exact) mass is 520 g/mol. The van der Waals surface area contributed by atoms with Crippen LogP contribution in [0, 0.1) is 0 Å². The molecule has 2 aromatic carbocycles. The lowest BCUT2D eigenvalue weighted by atomic mass is 10.1. The minimum Gasteiger partial charge on any atom is -0.497 e. The smallest absolute Gasteiger partial charge is 0.338 e. The molecule has 0 bridgehead atoms. The van der Waals surface area contributed by atoms with Crippen LogP contribution in [0.4, 0.5) is 5.69 Å². The Morgan fingerprint density at radius 2 is 1.81 bits per heavy atom. The summed E-state index contributed by atoms with van der Waals surface area (Å²) >= 11 is 0.916. The molecule has 1 fully saturated rings. The molecule has 1 N–H and O–H groups in total. The number of carbonyl (C=O) groups excluding carboxylic acids is 4. The molecule has 1 atom stereocenters. The van der Waals surface area contributed by atoms with E-state index in [1.54, 1.807) is 18.2 Å². The summed E-state index contributed by atoms with van der Waals surface area (Å²) in [5, 5.41) is 8.63. The van der Waals surface area contributed by atoms with Gasteiger partial charge in [-0.2, -0.15) is 0 Å².